The summed E-state index contributed by atoms with van der Waals surface area (Å²) in [4.78, 5) is 28.4. The predicted octanol–water partition coefficient (Wildman–Crippen LogP) is 8.92. The number of nitrogens with zero attached hydrogens (tertiary/aromatic N) is 1. The number of hydrogen-bond acceptors (Lipinski definition) is 6. The summed E-state index contributed by atoms with van der Waals surface area (Å²) in [6.07, 6.45) is -9.72. The molecule has 4 aromatic rings. The zero-order valence-electron chi connectivity index (χ0n) is 30.4. The van der Waals surface area contributed by atoms with Crippen molar-refractivity contribution in [2.75, 3.05) is 18.1 Å². The summed E-state index contributed by atoms with van der Waals surface area (Å²) in [7, 11) is 0. The first kappa shape index (κ1) is 40.3. The molecule has 1 aliphatic carbocycles. The van der Waals surface area contributed by atoms with Crippen LogP contribution in [0.5, 0.6) is 11.5 Å². The molecule has 0 spiro atoms. The van der Waals surface area contributed by atoms with E-state index in [2.05, 4.69) is 0 Å². The van der Waals surface area contributed by atoms with E-state index in [0.29, 0.717) is 39.5 Å². The number of allylic oxidation sites excluding steroid dienone is 1. The molecule has 56 heavy (non-hydrogen) atoms. The molecule has 4 atom stereocenters. The highest BCUT2D eigenvalue weighted by atomic mass is 19.4. The predicted molar refractivity (Wildman–Crippen MR) is 197 cm³/mol. The number of para-hydroxylation sites is 1. The zero-order chi connectivity index (χ0) is 40.5. The number of carbonyl (C=O) groups excluding carboxylic acids is 2. The fourth-order valence-corrected chi connectivity index (χ4v) is 7.77. The van der Waals surface area contributed by atoms with Gasteiger partial charge in [0.05, 0.1) is 41.4 Å². The number of aromatic hydroxyl groups is 1. The number of benzene rings is 4. The number of phenols is 1. The third kappa shape index (κ3) is 8.38. The van der Waals surface area contributed by atoms with Crippen LogP contribution in [-0.2, 0) is 21.9 Å². The van der Waals surface area contributed by atoms with Gasteiger partial charge in [0.25, 0.3) is 0 Å². The quantitative estimate of drug-likeness (QED) is 0.0608. The molecule has 0 radical (unpaired) electrons. The Kier molecular flexibility index (Phi) is 11.5. The smallest absolute Gasteiger partial charge is 0.416 e. The average molecular weight is 780 g/mol. The van der Waals surface area contributed by atoms with E-state index in [4.69, 9.17) is 4.74 Å². The first-order valence-corrected chi connectivity index (χ1v) is 17.9. The number of aliphatic hydroxyl groups is 2. The number of imide groups is 1. The molecule has 1 aliphatic heterocycles. The average Bonchev–Trinajstić information content (AvgIpc) is 3.41. The van der Waals surface area contributed by atoms with Crippen molar-refractivity contribution >= 4 is 29.2 Å². The number of rotatable bonds is 11. The molecule has 1 fully saturated rings. The minimum absolute atomic E-state index is 0.0588. The number of halogens is 6. The fraction of sp³-hybridized carbons (Fsp3) is 0.302. The van der Waals surface area contributed by atoms with E-state index in [9.17, 15) is 51.3 Å². The number of ether oxygens (including phenoxy) is 1. The van der Waals surface area contributed by atoms with Crippen molar-refractivity contribution in [3.05, 3.63) is 136 Å². The summed E-state index contributed by atoms with van der Waals surface area (Å²) >= 11 is 0. The molecule has 6 rings (SSSR count). The van der Waals surface area contributed by atoms with E-state index in [1.165, 1.54) is 0 Å². The number of fused-ring (bicyclic) bond motifs is 1. The maximum absolute atomic E-state index is 14.1. The van der Waals surface area contributed by atoms with Crippen molar-refractivity contribution < 1.29 is 56.0 Å². The van der Waals surface area contributed by atoms with Gasteiger partial charge in [0.15, 0.2) is 0 Å². The van der Waals surface area contributed by atoms with Crippen molar-refractivity contribution in [1.29, 1.82) is 0 Å². The molecular weight excluding hydrogens is 740 g/mol. The molecule has 294 valence electrons. The molecule has 0 bridgehead atoms. The minimum atomic E-state index is -5.23. The second-order valence-corrected chi connectivity index (χ2v) is 14.2. The lowest BCUT2D eigenvalue weighted by molar-refractivity contribution is -0.143. The topological polar surface area (TPSA) is 107 Å². The first-order valence-electron chi connectivity index (χ1n) is 17.9. The van der Waals surface area contributed by atoms with Gasteiger partial charge in [-0.2, -0.15) is 26.3 Å². The van der Waals surface area contributed by atoms with Crippen LogP contribution in [0.15, 0.2) is 102 Å². The summed E-state index contributed by atoms with van der Waals surface area (Å²) in [5.41, 5.74) is 0.117. The molecule has 4 aromatic carbocycles. The lowest BCUT2D eigenvalue weighted by atomic mass is 9.68. The SMILES string of the molecule is Cc1cc(/C=C(/CC[C@@H](O)C2=C(COc3ccccc3)C[C@H]3C(=O)N(c4cc(C(F)(F)F)cc(C(F)(F)F)c4)C(=O)[C@H]3[C@H]2CO)c2ccccc2)cc(C)c1O. The van der Waals surface area contributed by atoms with Gasteiger partial charge >= 0.3 is 12.4 Å². The molecule has 1 saturated heterocycles. The van der Waals surface area contributed by atoms with E-state index >= 15 is 0 Å². The van der Waals surface area contributed by atoms with Crippen LogP contribution < -0.4 is 9.64 Å². The van der Waals surface area contributed by atoms with Crippen molar-refractivity contribution in [1.82, 2.24) is 0 Å². The second kappa shape index (κ2) is 16.0. The van der Waals surface area contributed by atoms with Gasteiger partial charge in [-0.15, -0.1) is 0 Å². The summed E-state index contributed by atoms with van der Waals surface area (Å²) in [6.45, 7) is 2.60. The van der Waals surface area contributed by atoms with Crippen LogP contribution in [0.4, 0.5) is 32.0 Å². The number of amides is 2. The van der Waals surface area contributed by atoms with Gasteiger partial charge in [0.2, 0.25) is 11.8 Å². The van der Waals surface area contributed by atoms with E-state index in [0.717, 1.165) is 16.7 Å². The van der Waals surface area contributed by atoms with Gasteiger partial charge < -0.3 is 20.1 Å². The highest BCUT2D eigenvalue weighted by molar-refractivity contribution is 6.22. The molecule has 2 amide bonds. The maximum Gasteiger partial charge on any atom is 0.416 e. The summed E-state index contributed by atoms with van der Waals surface area (Å²) in [5, 5.41) is 33.2. The van der Waals surface area contributed by atoms with Crippen molar-refractivity contribution in [3.63, 3.8) is 0 Å². The van der Waals surface area contributed by atoms with Gasteiger partial charge in [-0.05, 0) is 115 Å². The highest BCUT2D eigenvalue weighted by Gasteiger charge is 2.56. The molecule has 3 N–H and O–H groups in total. The Bertz CT molecular complexity index is 2110. The first-order chi connectivity index (χ1) is 26.5. The van der Waals surface area contributed by atoms with E-state index in [-0.39, 0.29) is 43.3 Å². The van der Waals surface area contributed by atoms with Crippen LogP contribution in [-0.4, -0.2) is 46.5 Å². The largest absolute Gasteiger partial charge is 0.507 e. The Morgan fingerprint density at radius 3 is 1.98 bits per heavy atom. The second-order valence-electron chi connectivity index (χ2n) is 14.2. The summed E-state index contributed by atoms with van der Waals surface area (Å²) in [6, 6.07) is 22.1. The Labute approximate surface area is 319 Å². The van der Waals surface area contributed by atoms with Crippen molar-refractivity contribution in [2.24, 2.45) is 17.8 Å². The summed E-state index contributed by atoms with van der Waals surface area (Å²) in [5.74, 6) is -5.38. The highest BCUT2D eigenvalue weighted by Crippen LogP contribution is 2.49. The number of alkyl halides is 6. The third-order valence-electron chi connectivity index (χ3n) is 10.4. The van der Waals surface area contributed by atoms with E-state index < -0.39 is 71.4 Å². The molecule has 0 unspecified atom stereocenters. The van der Waals surface area contributed by atoms with Gasteiger partial charge in [0, 0.05) is 5.92 Å². The van der Waals surface area contributed by atoms with Crippen LogP contribution in [0.2, 0.25) is 0 Å². The number of hydrogen-bond donors (Lipinski definition) is 3. The monoisotopic (exact) mass is 779 g/mol. The van der Waals surface area contributed by atoms with Gasteiger partial charge in [-0.25, -0.2) is 4.90 Å². The number of carbonyl (C=O) groups is 2. The third-order valence-corrected chi connectivity index (χ3v) is 10.4. The van der Waals surface area contributed by atoms with Crippen LogP contribution in [0, 0.1) is 31.6 Å². The van der Waals surface area contributed by atoms with Crippen molar-refractivity contribution in [2.45, 2.75) is 51.6 Å². The lowest BCUT2D eigenvalue weighted by Crippen LogP contribution is -2.40. The molecule has 2 aliphatic rings. The number of aliphatic hydroxyl groups excluding tert-OH is 2. The molecule has 0 aromatic heterocycles. The zero-order valence-corrected chi connectivity index (χ0v) is 30.4. The molecule has 0 saturated carbocycles. The van der Waals surface area contributed by atoms with E-state index in [1.54, 1.807) is 44.2 Å². The van der Waals surface area contributed by atoms with Crippen LogP contribution in [0.25, 0.3) is 11.6 Å². The minimum Gasteiger partial charge on any atom is -0.507 e. The van der Waals surface area contributed by atoms with E-state index in [1.807, 2.05) is 48.5 Å². The normalized spacial score (nSPS) is 19.7. The van der Waals surface area contributed by atoms with Crippen LogP contribution in [0.3, 0.4) is 0 Å². The Morgan fingerprint density at radius 2 is 1.43 bits per heavy atom. The standard InChI is InChI=1S/C43H39F6NO6/c1-24-15-26(16-25(2)39(24)53)17-28(27-9-5-3-6-10-27)13-14-36(52)37-29(23-56-33-11-7-4-8-12-33)18-34-38(35(37)22-51)41(55)50(40(34)54)32-20-30(42(44,45)46)19-31(21-32)43(47,48)49/h3-12,15-17,19-21,34-36,38,51-53H,13-14,18,22-23H2,1-2H3/b28-17-/t34-,35+,36-,38-/m1/s1. The van der Waals surface area contributed by atoms with Crippen molar-refractivity contribution in [3.8, 4) is 11.5 Å². The molecule has 7 nitrogen and oxygen atoms in total. The Hall–Kier alpha value is -5.40. The number of aryl methyl sites for hydroxylation is 2. The molecular formula is C43H39F6NO6. The summed E-state index contributed by atoms with van der Waals surface area (Å²) < 4.78 is 88.8. The maximum atomic E-state index is 14.1. The lowest BCUT2D eigenvalue weighted by Gasteiger charge is -2.36. The van der Waals surface area contributed by atoms with Crippen LogP contribution >= 0.6 is 0 Å². The molecule has 1 heterocycles. The van der Waals surface area contributed by atoms with Gasteiger partial charge in [-0.3, -0.25) is 9.59 Å². The Morgan fingerprint density at radius 1 is 0.857 bits per heavy atom. The Balaban J connectivity index is 1.38. The van der Waals surface area contributed by atoms with Gasteiger partial charge in [0.1, 0.15) is 18.1 Å². The number of anilines is 1. The van der Waals surface area contributed by atoms with Crippen LogP contribution in [0.1, 0.15) is 52.6 Å². The molecule has 13 heteroatoms. The van der Waals surface area contributed by atoms with Gasteiger partial charge in [-0.1, -0.05) is 54.6 Å². The number of phenolic OH excluding ortho intramolecular Hbond substituents is 1. The fourth-order valence-electron chi connectivity index (χ4n) is 7.77.